The predicted molar refractivity (Wildman–Crippen MR) is 298 cm³/mol. The molecular weight excluding hydrogens is 973 g/mol. The second-order valence-corrected chi connectivity index (χ2v) is 20.5. The average Bonchev–Trinajstić information content (AvgIpc) is 3.41. The summed E-state index contributed by atoms with van der Waals surface area (Å²) in [7, 11) is 0. The van der Waals surface area contributed by atoms with Gasteiger partial charge in [0.2, 0.25) is 0 Å². The Kier molecular flexibility index (Phi) is 42.5. The minimum Gasteiger partial charge on any atom is -0.462 e. The molecule has 76 heavy (non-hydrogen) atoms. The van der Waals surface area contributed by atoms with E-state index in [2.05, 4.69) is 80.7 Å². The van der Waals surface area contributed by atoms with Crippen LogP contribution in [-0.4, -0.2) is 142 Å². The molecule has 0 spiro atoms. The second-order valence-electron chi connectivity index (χ2n) is 20.5. The maximum Gasteiger partial charge on any atom is 0.306 e. The number of carbonyl (C=O) groups excluding carboxylic acids is 2. The maximum absolute atomic E-state index is 13.1. The number of aliphatic hydroxyl groups is 7. The summed E-state index contributed by atoms with van der Waals surface area (Å²) in [4.78, 5) is 25.9. The first-order valence-corrected chi connectivity index (χ1v) is 29.5. The minimum atomic E-state index is -1.78. The summed E-state index contributed by atoms with van der Waals surface area (Å²) in [6.45, 7) is 2.52. The smallest absolute Gasteiger partial charge is 0.306 e. The largest absolute Gasteiger partial charge is 0.462 e. The zero-order chi connectivity index (χ0) is 55.3. The second kappa shape index (κ2) is 46.8. The van der Waals surface area contributed by atoms with Crippen molar-refractivity contribution in [2.75, 3.05) is 26.4 Å². The van der Waals surface area contributed by atoms with Crippen LogP contribution in [0.4, 0.5) is 0 Å². The fourth-order valence-corrected chi connectivity index (χ4v) is 8.83. The summed E-state index contributed by atoms with van der Waals surface area (Å²) in [6, 6.07) is 0. The van der Waals surface area contributed by atoms with Gasteiger partial charge in [-0.1, -0.05) is 183 Å². The number of allylic oxidation sites excluding steroid dienone is 12. The summed E-state index contributed by atoms with van der Waals surface area (Å²) < 4.78 is 33.6. The summed E-state index contributed by atoms with van der Waals surface area (Å²) in [5, 5.41) is 72.3. The summed E-state index contributed by atoms with van der Waals surface area (Å²) >= 11 is 0. The SMILES string of the molecule is CCCCC/C=C/C/C=C/CCCCCCCCCCCC(=O)O[C@@H](COC(=O)CCC/C=C/C/C=C/C/C=C/C/C=C/CCCCCCCCC)CO[C@@H]1O[C@H](CO[C@@H]2O[C@H](CO)[C@H](O)C(O)C2O)[C@H](O)C(O)C1O. The molecule has 11 atom stereocenters. The van der Waals surface area contributed by atoms with Gasteiger partial charge in [-0.2, -0.15) is 0 Å². The zero-order valence-electron chi connectivity index (χ0n) is 46.7. The Morgan fingerprint density at radius 2 is 0.803 bits per heavy atom. The predicted octanol–water partition coefficient (Wildman–Crippen LogP) is 10.2. The number of rotatable bonds is 46. The van der Waals surface area contributed by atoms with E-state index in [1.54, 1.807) is 0 Å². The van der Waals surface area contributed by atoms with Crippen molar-refractivity contribution >= 4 is 11.9 Å². The molecule has 2 rings (SSSR count). The van der Waals surface area contributed by atoms with Gasteiger partial charge in [-0.25, -0.2) is 0 Å². The minimum absolute atomic E-state index is 0.138. The summed E-state index contributed by atoms with van der Waals surface area (Å²) in [6.07, 6.45) is 40.7. The Labute approximate surface area is 457 Å². The van der Waals surface area contributed by atoms with Gasteiger partial charge in [-0.05, 0) is 83.5 Å². The van der Waals surface area contributed by atoms with Crippen LogP contribution in [0.2, 0.25) is 0 Å². The molecule has 0 radical (unpaired) electrons. The molecule has 2 saturated heterocycles. The third-order valence-electron chi connectivity index (χ3n) is 13.7. The fraction of sp³-hybridized carbons (Fsp3) is 0.770. The number of hydrogen-bond acceptors (Lipinski definition) is 15. The van der Waals surface area contributed by atoms with Crippen LogP contribution < -0.4 is 0 Å². The number of ether oxygens (including phenoxy) is 6. The molecule has 0 amide bonds. The molecule has 0 aliphatic carbocycles. The fourth-order valence-electron chi connectivity index (χ4n) is 8.83. The van der Waals surface area contributed by atoms with Crippen LogP contribution in [0.15, 0.2) is 72.9 Å². The summed E-state index contributed by atoms with van der Waals surface area (Å²) in [5.74, 6) is -0.996. The lowest BCUT2D eigenvalue weighted by Gasteiger charge is -2.42. The van der Waals surface area contributed by atoms with E-state index in [1.807, 2.05) is 6.08 Å². The molecule has 15 nitrogen and oxygen atoms in total. The normalized spacial score (nSPS) is 24.9. The highest BCUT2D eigenvalue weighted by molar-refractivity contribution is 5.70. The third kappa shape index (κ3) is 33.4. The highest BCUT2D eigenvalue weighted by atomic mass is 16.7. The Morgan fingerprint density at radius 3 is 1.30 bits per heavy atom. The molecular formula is C61H104O15. The molecule has 7 N–H and O–H groups in total. The lowest BCUT2D eigenvalue weighted by Crippen LogP contribution is -2.61. The number of hydrogen-bond donors (Lipinski definition) is 7. The molecule has 2 fully saturated rings. The lowest BCUT2D eigenvalue weighted by molar-refractivity contribution is -0.332. The van der Waals surface area contributed by atoms with Gasteiger partial charge < -0.3 is 64.2 Å². The molecule has 0 bridgehead atoms. The Balaban J connectivity index is 1.78. The number of esters is 2. The van der Waals surface area contributed by atoms with Crippen LogP contribution in [-0.2, 0) is 38.0 Å². The van der Waals surface area contributed by atoms with Crippen molar-refractivity contribution in [2.45, 2.75) is 274 Å². The van der Waals surface area contributed by atoms with E-state index < -0.39 is 99.3 Å². The van der Waals surface area contributed by atoms with E-state index in [4.69, 9.17) is 28.4 Å². The molecule has 0 aromatic heterocycles. The standard InChI is InChI=1S/C61H104O15/c1-3-5-7-9-11-13-15-17-19-21-23-24-26-27-29-31-33-35-37-39-41-43-52(63)71-46-49(74-53(64)44-42-40-38-36-34-32-30-28-25-22-20-18-16-14-12-10-8-6-4-2)47-72-60-59(70)57(68)55(66)51(76-60)48-73-61-58(69)56(67)54(65)50(45-62)75-61/h12,14,18-21,24,26,29,31,35,37,49-51,54-62,65-70H,3-11,13,15-17,22-23,25,27-28,30,32-34,36,38-48H2,1-2H3/b14-12+,20-18+,21-19+,26-24+,31-29+,37-35+/t49-,50+,51+,54-,55-,56?,57?,58?,59?,60+,61+/m0/s1. The Hall–Kier alpha value is -3.06. The van der Waals surface area contributed by atoms with E-state index in [0.717, 1.165) is 64.2 Å². The van der Waals surface area contributed by atoms with Crippen LogP contribution in [0, 0.1) is 0 Å². The van der Waals surface area contributed by atoms with Crippen molar-refractivity contribution in [1.29, 1.82) is 0 Å². The molecule has 2 aliphatic rings. The highest BCUT2D eigenvalue weighted by Gasteiger charge is 2.47. The Bertz CT molecular complexity index is 1590. The van der Waals surface area contributed by atoms with E-state index in [0.29, 0.717) is 19.3 Å². The molecule has 2 heterocycles. The van der Waals surface area contributed by atoms with E-state index >= 15 is 0 Å². The van der Waals surface area contributed by atoms with Crippen LogP contribution in [0.25, 0.3) is 0 Å². The number of carbonyl (C=O) groups is 2. The number of aliphatic hydroxyl groups excluding tert-OH is 7. The first-order valence-electron chi connectivity index (χ1n) is 29.5. The quantitative estimate of drug-likeness (QED) is 0.0171. The van der Waals surface area contributed by atoms with Crippen LogP contribution in [0.3, 0.4) is 0 Å². The average molecular weight is 1080 g/mol. The molecule has 2 aliphatic heterocycles. The van der Waals surface area contributed by atoms with Crippen LogP contribution in [0.1, 0.15) is 206 Å². The first kappa shape index (κ1) is 69.0. The molecule has 0 saturated carbocycles. The Morgan fingerprint density at radius 1 is 0.421 bits per heavy atom. The van der Waals surface area contributed by atoms with Crippen molar-refractivity contribution < 1.29 is 73.8 Å². The molecule has 0 aromatic carbocycles. The van der Waals surface area contributed by atoms with E-state index in [1.165, 1.54) is 96.3 Å². The van der Waals surface area contributed by atoms with Gasteiger partial charge >= 0.3 is 11.9 Å². The molecule has 4 unspecified atom stereocenters. The van der Waals surface area contributed by atoms with E-state index in [9.17, 15) is 45.3 Å². The third-order valence-corrected chi connectivity index (χ3v) is 13.7. The monoisotopic (exact) mass is 1080 g/mol. The number of unbranched alkanes of at least 4 members (excludes halogenated alkanes) is 20. The van der Waals surface area contributed by atoms with Crippen molar-refractivity contribution in [3.8, 4) is 0 Å². The molecule has 0 aromatic rings. The summed E-state index contributed by atoms with van der Waals surface area (Å²) in [5.41, 5.74) is 0. The van der Waals surface area contributed by atoms with Crippen molar-refractivity contribution in [3.05, 3.63) is 72.9 Å². The zero-order valence-corrected chi connectivity index (χ0v) is 46.7. The highest BCUT2D eigenvalue weighted by Crippen LogP contribution is 2.26. The van der Waals surface area contributed by atoms with Crippen LogP contribution in [0.5, 0.6) is 0 Å². The van der Waals surface area contributed by atoms with Crippen molar-refractivity contribution in [2.24, 2.45) is 0 Å². The van der Waals surface area contributed by atoms with Gasteiger partial charge in [0.05, 0.1) is 19.8 Å². The topological polar surface area (TPSA) is 231 Å². The van der Waals surface area contributed by atoms with Gasteiger partial charge in [0, 0.05) is 12.8 Å². The van der Waals surface area contributed by atoms with Gasteiger partial charge in [-0.3, -0.25) is 9.59 Å². The maximum atomic E-state index is 13.1. The van der Waals surface area contributed by atoms with Crippen molar-refractivity contribution in [1.82, 2.24) is 0 Å². The molecule has 438 valence electrons. The first-order chi connectivity index (χ1) is 37.0. The van der Waals surface area contributed by atoms with Gasteiger partial charge in [-0.15, -0.1) is 0 Å². The van der Waals surface area contributed by atoms with Crippen molar-refractivity contribution in [3.63, 3.8) is 0 Å². The van der Waals surface area contributed by atoms with Gasteiger partial charge in [0.25, 0.3) is 0 Å². The van der Waals surface area contributed by atoms with Crippen LogP contribution >= 0.6 is 0 Å². The van der Waals surface area contributed by atoms with E-state index in [-0.39, 0.29) is 19.4 Å². The van der Waals surface area contributed by atoms with Gasteiger partial charge in [0.1, 0.15) is 55.4 Å². The lowest BCUT2D eigenvalue weighted by atomic mass is 9.98. The molecule has 15 heteroatoms. The van der Waals surface area contributed by atoms with Gasteiger partial charge in [0.15, 0.2) is 18.7 Å².